The Morgan fingerprint density at radius 2 is 2.12 bits per heavy atom. The lowest BCUT2D eigenvalue weighted by Crippen LogP contribution is -2.02. The number of aromatic amines is 1. The van der Waals surface area contributed by atoms with Gasteiger partial charge in [-0.05, 0) is 18.4 Å². The first-order chi connectivity index (χ1) is 7.90. The van der Waals surface area contributed by atoms with E-state index < -0.39 is 0 Å². The average Bonchev–Trinajstić information content (AvgIpc) is 2.85. The van der Waals surface area contributed by atoms with Gasteiger partial charge in [0.05, 0.1) is 12.2 Å². The first-order valence-corrected chi connectivity index (χ1v) is 5.37. The van der Waals surface area contributed by atoms with E-state index in [4.69, 9.17) is 0 Å². The number of nitrogens with one attached hydrogen (secondary N) is 1. The predicted molar refractivity (Wildman–Crippen MR) is 62.2 cm³/mol. The fraction of sp³-hybridized carbons (Fsp3) is 0.231. The zero-order chi connectivity index (χ0) is 11.2. The van der Waals surface area contributed by atoms with Crippen molar-refractivity contribution in [2.45, 2.75) is 18.8 Å². The molecule has 0 amide bonds. The molecule has 0 spiro atoms. The summed E-state index contributed by atoms with van der Waals surface area (Å²) in [7, 11) is 0. The summed E-state index contributed by atoms with van der Waals surface area (Å²) in [6.07, 6.45) is 6.02. The van der Waals surface area contributed by atoms with E-state index in [1.807, 2.05) is 18.2 Å². The summed E-state index contributed by atoms with van der Waals surface area (Å²) in [6, 6.07) is 10.2. The number of hydrogen-bond acceptors (Lipinski definition) is 2. The number of benzene rings is 1. The normalized spacial score (nSPS) is 12.2. The van der Waals surface area contributed by atoms with Crippen LogP contribution in [0.3, 0.4) is 0 Å². The predicted octanol–water partition coefficient (Wildman–Crippen LogP) is 2.33. The number of aromatic nitrogens is 2. The van der Waals surface area contributed by atoms with Gasteiger partial charge in [-0.25, -0.2) is 4.98 Å². The quantitative estimate of drug-likeness (QED) is 0.776. The van der Waals surface area contributed by atoms with Crippen LogP contribution in [0.4, 0.5) is 0 Å². The number of rotatable bonds is 5. The molecule has 16 heavy (non-hydrogen) atoms. The molecular formula is C13H14N2O. The maximum Gasteiger partial charge on any atom is 0.129 e. The van der Waals surface area contributed by atoms with E-state index in [2.05, 4.69) is 22.1 Å². The van der Waals surface area contributed by atoms with Crippen molar-refractivity contribution < 1.29 is 4.79 Å². The van der Waals surface area contributed by atoms with Gasteiger partial charge in [0.25, 0.3) is 0 Å². The number of imidazole rings is 1. The van der Waals surface area contributed by atoms with Crippen molar-refractivity contribution in [1.29, 1.82) is 0 Å². The lowest BCUT2D eigenvalue weighted by molar-refractivity contribution is -0.109. The summed E-state index contributed by atoms with van der Waals surface area (Å²) in [6.45, 7) is 0. The second kappa shape index (κ2) is 5.26. The maximum atomic E-state index is 11.0. The Bertz CT molecular complexity index is 422. The molecule has 0 aliphatic heterocycles. The SMILES string of the molecule is O=CC(CCc1ccccc1)c1cnc[nH]1. The summed E-state index contributed by atoms with van der Waals surface area (Å²) in [5.74, 6) is -0.0808. The van der Waals surface area contributed by atoms with Gasteiger partial charge in [0.15, 0.2) is 0 Å². The van der Waals surface area contributed by atoms with Crippen molar-refractivity contribution in [2.75, 3.05) is 0 Å². The van der Waals surface area contributed by atoms with E-state index >= 15 is 0 Å². The standard InChI is InChI=1S/C13H14N2O/c16-9-12(13-8-14-10-15-13)7-6-11-4-2-1-3-5-11/h1-5,8-10,12H,6-7H2,(H,14,15). The number of H-pyrrole nitrogens is 1. The Balaban J connectivity index is 1.96. The van der Waals surface area contributed by atoms with Crippen LogP contribution in [0.5, 0.6) is 0 Å². The van der Waals surface area contributed by atoms with Crippen LogP contribution in [0.2, 0.25) is 0 Å². The molecule has 0 saturated heterocycles. The van der Waals surface area contributed by atoms with Gasteiger partial charge >= 0.3 is 0 Å². The highest BCUT2D eigenvalue weighted by molar-refractivity contribution is 5.60. The summed E-state index contributed by atoms with van der Waals surface area (Å²) >= 11 is 0. The fourth-order valence-electron chi connectivity index (χ4n) is 1.73. The molecule has 0 saturated carbocycles. The van der Waals surface area contributed by atoms with Crippen molar-refractivity contribution in [3.63, 3.8) is 0 Å². The number of nitrogens with zero attached hydrogens (tertiary/aromatic N) is 1. The molecule has 1 atom stereocenters. The van der Waals surface area contributed by atoms with Gasteiger partial charge in [-0.3, -0.25) is 0 Å². The van der Waals surface area contributed by atoms with E-state index in [0.29, 0.717) is 0 Å². The van der Waals surface area contributed by atoms with Crippen molar-refractivity contribution in [1.82, 2.24) is 9.97 Å². The third kappa shape index (κ3) is 2.57. The van der Waals surface area contributed by atoms with Crippen molar-refractivity contribution in [3.05, 3.63) is 54.1 Å². The van der Waals surface area contributed by atoms with E-state index in [9.17, 15) is 4.79 Å². The zero-order valence-corrected chi connectivity index (χ0v) is 8.97. The summed E-state index contributed by atoms with van der Waals surface area (Å²) < 4.78 is 0. The Hall–Kier alpha value is -1.90. The number of carbonyl (C=O) groups is 1. The Morgan fingerprint density at radius 1 is 1.31 bits per heavy atom. The Morgan fingerprint density at radius 3 is 2.75 bits per heavy atom. The monoisotopic (exact) mass is 214 g/mol. The van der Waals surface area contributed by atoms with Gasteiger partial charge in [0, 0.05) is 11.9 Å². The molecule has 2 aromatic rings. The second-order valence-corrected chi connectivity index (χ2v) is 3.77. The molecule has 3 heteroatoms. The third-order valence-corrected chi connectivity index (χ3v) is 2.67. The van der Waals surface area contributed by atoms with Crippen LogP contribution in [-0.2, 0) is 11.2 Å². The highest BCUT2D eigenvalue weighted by atomic mass is 16.1. The van der Waals surface area contributed by atoms with Crippen molar-refractivity contribution in [3.8, 4) is 0 Å². The molecule has 82 valence electrons. The van der Waals surface area contributed by atoms with Gasteiger partial charge in [-0.2, -0.15) is 0 Å². The lowest BCUT2D eigenvalue weighted by atomic mass is 9.98. The van der Waals surface area contributed by atoms with Crippen LogP contribution in [0.15, 0.2) is 42.9 Å². The van der Waals surface area contributed by atoms with Crippen LogP contribution < -0.4 is 0 Å². The number of carbonyl (C=O) groups excluding carboxylic acids is 1. The van der Waals surface area contributed by atoms with Crippen LogP contribution in [0, 0.1) is 0 Å². The largest absolute Gasteiger partial charge is 0.348 e. The number of aldehydes is 1. The Kier molecular flexibility index (Phi) is 3.49. The third-order valence-electron chi connectivity index (χ3n) is 2.67. The molecule has 0 bridgehead atoms. The fourth-order valence-corrected chi connectivity index (χ4v) is 1.73. The topological polar surface area (TPSA) is 45.8 Å². The molecule has 1 aromatic heterocycles. The van der Waals surface area contributed by atoms with Gasteiger partial charge in [-0.15, -0.1) is 0 Å². The maximum absolute atomic E-state index is 11.0. The second-order valence-electron chi connectivity index (χ2n) is 3.77. The Labute approximate surface area is 94.5 Å². The molecule has 0 fully saturated rings. The first-order valence-electron chi connectivity index (χ1n) is 5.37. The summed E-state index contributed by atoms with van der Waals surface area (Å²) in [5, 5.41) is 0. The molecule has 0 radical (unpaired) electrons. The minimum Gasteiger partial charge on any atom is -0.348 e. The number of hydrogen-bond donors (Lipinski definition) is 1. The minimum atomic E-state index is -0.0808. The van der Waals surface area contributed by atoms with E-state index in [1.165, 1.54) is 5.56 Å². The van der Waals surface area contributed by atoms with Crippen LogP contribution in [0.1, 0.15) is 23.6 Å². The highest BCUT2D eigenvalue weighted by Gasteiger charge is 2.11. The van der Waals surface area contributed by atoms with Gasteiger partial charge in [0.2, 0.25) is 0 Å². The smallest absolute Gasteiger partial charge is 0.129 e. The molecule has 3 nitrogen and oxygen atoms in total. The first kappa shape index (κ1) is 10.6. The van der Waals surface area contributed by atoms with E-state index in [0.717, 1.165) is 24.8 Å². The molecule has 1 N–H and O–H groups in total. The van der Waals surface area contributed by atoms with Crippen LogP contribution in [-0.4, -0.2) is 16.3 Å². The molecule has 0 aliphatic carbocycles. The highest BCUT2D eigenvalue weighted by Crippen LogP contribution is 2.17. The molecule has 2 rings (SSSR count). The summed E-state index contributed by atoms with van der Waals surface area (Å²) in [5.41, 5.74) is 2.15. The van der Waals surface area contributed by atoms with Crippen LogP contribution >= 0.6 is 0 Å². The van der Waals surface area contributed by atoms with E-state index in [1.54, 1.807) is 12.5 Å². The van der Waals surface area contributed by atoms with Crippen molar-refractivity contribution in [2.24, 2.45) is 0 Å². The van der Waals surface area contributed by atoms with Crippen molar-refractivity contribution >= 4 is 6.29 Å². The lowest BCUT2D eigenvalue weighted by Gasteiger charge is -2.07. The van der Waals surface area contributed by atoms with Gasteiger partial charge in [0.1, 0.15) is 6.29 Å². The average molecular weight is 214 g/mol. The van der Waals surface area contributed by atoms with Gasteiger partial charge in [-0.1, -0.05) is 30.3 Å². The minimum absolute atomic E-state index is 0.0808. The number of aryl methyl sites for hydroxylation is 1. The zero-order valence-electron chi connectivity index (χ0n) is 8.97. The molecule has 1 unspecified atom stereocenters. The molecule has 1 heterocycles. The van der Waals surface area contributed by atoms with Crippen LogP contribution in [0.25, 0.3) is 0 Å². The molecule has 0 aliphatic rings. The molecular weight excluding hydrogens is 200 g/mol. The van der Waals surface area contributed by atoms with E-state index in [-0.39, 0.29) is 5.92 Å². The summed E-state index contributed by atoms with van der Waals surface area (Å²) in [4.78, 5) is 17.9. The van der Waals surface area contributed by atoms with Gasteiger partial charge < -0.3 is 9.78 Å². The molecule has 1 aromatic carbocycles.